The summed E-state index contributed by atoms with van der Waals surface area (Å²) < 4.78 is 5.93. The highest BCUT2D eigenvalue weighted by atomic mass is 16.5. The molecule has 1 unspecified atom stereocenters. The number of nitrogens with one attached hydrogen (secondary N) is 1. The van der Waals surface area contributed by atoms with Gasteiger partial charge < -0.3 is 4.74 Å². The maximum atomic E-state index is 5.93. The molecule has 0 spiro atoms. The SMILES string of the molecule is CCNC1Cc2cccc(C(C)C)c2O1. The Bertz CT molecular complexity index is 346. The molecule has 0 saturated carbocycles. The van der Waals surface area contributed by atoms with Crippen molar-refractivity contribution in [3.63, 3.8) is 0 Å². The van der Waals surface area contributed by atoms with E-state index in [1.54, 1.807) is 0 Å². The molecule has 0 aromatic heterocycles. The molecule has 82 valence electrons. The lowest BCUT2D eigenvalue weighted by Gasteiger charge is -2.14. The zero-order chi connectivity index (χ0) is 10.8. The first-order valence-corrected chi connectivity index (χ1v) is 5.74. The Hall–Kier alpha value is -1.02. The molecular weight excluding hydrogens is 186 g/mol. The average Bonchev–Trinajstić information content (AvgIpc) is 2.59. The minimum absolute atomic E-state index is 0.171. The molecule has 0 amide bonds. The number of rotatable bonds is 3. The van der Waals surface area contributed by atoms with Crippen LogP contribution in [0.25, 0.3) is 0 Å². The highest BCUT2D eigenvalue weighted by Crippen LogP contribution is 2.35. The molecule has 1 N–H and O–H groups in total. The van der Waals surface area contributed by atoms with Crippen molar-refractivity contribution in [1.29, 1.82) is 0 Å². The monoisotopic (exact) mass is 205 g/mol. The summed E-state index contributed by atoms with van der Waals surface area (Å²) in [4.78, 5) is 0. The van der Waals surface area contributed by atoms with Gasteiger partial charge in [0.2, 0.25) is 0 Å². The van der Waals surface area contributed by atoms with Gasteiger partial charge in [-0.15, -0.1) is 0 Å². The van der Waals surface area contributed by atoms with Gasteiger partial charge in [-0.1, -0.05) is 39.0 Å². The number of hydrogen-bond acceptors (Lipinski definition) is 2. The molecule has 2 nitrogen and oxygen atoms in total. The Balaban J connectivity index is 2.25. The van der Waals surface area contributed by atoms with E-state index in [0.29, 0.717) is 5.92 Å². The summed E-state index contributed by atoms with van der Waals surface area (Å²) >= 11 is 0. The van der Waals surface area contributed by atoms with E-state index in [9.17, 15) is 0 Å². The van der Waals surface area contributed by atoms with E-state index in [4.69, 9.17) is 4.74 Å². The van der Waals surface area contributed by atoms with Gasteiger partial charge in [0.05, 0.1) is 0 Å². The van der Waals surface area contributed by atoms with Gasteiger partial charge in [-0.05, 0) is 23.6 Å². The largest absolute Gasteiger partial charge is 0.474 e. The van der Waals surface area contributed by atoms with Crippen molar-refractivity contribution in [2.45, 2.75) is 39.3 Å². The second-order valence-corrected chi connectivity index (χ2v) is 4.36. The third-order valence-electron chi connectivity index (χ3n) is 2.85. The van der Waals surface area contributed by atoms with Crippen LogP contribution in [0.2, 0.25) is 0 Å². The molecule has 2 rings (SSSR count). The molecule has 1 atom stereocenters. The average molecular weight is 205 g/mol. The molecule has 1 aliphatic rings. The second-order valence-electron chi connectivity index (χ2n) is 4.36. The van der Waals surface area contributed by atoms with E-state index in [-0.39, 0.29) is 6.23 Å². The van der Waals surface area contributed by atoms with E-state index < -0.39 is 0 Å². The number of ether oxygens (including phenoxy) is 1. The fourth-order valence-corrected chi connectivity index (χ4v) is 2.09. The van der Waals surface area contributed by atoms with Crippen LogP contribution < -0.4 is 10.1 Å². The van der Waals surface area contributed by atoms with Gasteiger partial charge in [-0.2, -0.15) is 0 Å². The lowest BCUT2D eigenvalue weighted by atomic mass is 9.99. The predicted molar refractivity (Wildman–Crippen MR) is 62.3 cm³/mol. The molecule has 15 heavy (non-hydrogen) atoms. The van der Waals surface area contributed by atoms with E-state index in [2.05, 4.69) is 44.3 Å². The van der Waals surface area contributed by atoms with Crippen LogP contribution in [0.1, 0.15) is 37.8 Å². The molecule has 0 aliphatic carbocycles. The lowest BCUT2D eigenvalue weighted by molar-refractivity contribution is 0.193. The summed E-state index contributed by atoms with van der Waals surface area (Å²) in [5.41, 5.74) is 2.67. The topological polar surface area (TPSA) is 21.3 Å². The fourth-order valence-electron chi connectivity index (χ4n) is 2.09. The van der Waals surface area contributed by atoms with Gasteiger partial charge >= 0.3 is 0 Å². The first kappa shape index (κ1) is 10.5. The minimum Gasteiger partial charge on any atom is -0.474 e. The molecule has 0 fully saturated rings. The van der Waals surface area contributed by atoms with Crippen LogP contribution >= 0.6 is 0 Å². The van der Waals surface area contributed by atoms with Crippen molar-refractivity contribution < 1.29 is 4.74 Å². The van der Waals surface area contributed by atoms with Gasteiger partial charge in [0.15, 0.2) is 6.23 Å². The standard InChI is InChI=1S/C13H19NO/c1-4-14-12-8-10-6-5-7-11(9(2)3)13(10)15-12/h5-7,9,12,14H,4,8H2,1-3H3. The number of fused-ring (bicyclic) bond motifs is 1. The van der Waals surface area contributed by atoms with Crippen LogP contribution in [0.4, 0.5) is 0 Å². The van der Waals surface area contributed by atoms with E-state index in [0.717, 1.165) is 18.7 Å². The van der Waals surface area contributed by atoms with Crippen molar-refractivity contribution in [3.05, 3.63) is 29.3 Å². The van der Waals surface area contributed by atoms with Crippen LogP contribution in [0, 0.1) is 0 Å². The predicted octanol–water partition coefficient (Wildman–Crippen LogP) is 2.68. The second kappa shape index (κ2) is 4.23. The Morgan fingerprint density at radius 3 is 2.93 bits per heavy atom. The number of likely N-dealkylation sites (N-methyl/N-ethyl adjacent to an activating group) is 1. The van der Waals surface area contributed by atoms with Gasteiger partial charge in [-0.3, -0.25) is 5.32 Å². The molecule has 0 radical (unpaired) electrons. The molecule has 1 aliphatic heterocycles. The number of hydrogen-bond donors (Lipinski definition) is 1. The fraction of sp³-hybridized carbons (Fsp3) is 0.538. The first-order chi connectivity index (χ1) is 7.22. The van der Waals surface area contributed by atoms with Crippen LogP contribution in [-0.2, 0) is 6.42 Å². The Morgan fingerprint density at radius 2 is 2.27 bits per heavy atom. The Morgan fingerprint density at radius 1 is 1.47 bits per heavy atom. The zero-order valence-corrected chi connectivity index (χ0v) is 9.71. The van der Waals surface area contributed by atoms with E-state index >= 15 is 0 Å². The molecule has 2 heteroatoms. The van der Waals surface area contributed by atoms with Crippen LogP contribution in [-0.4, -0.2) is 12.8 Å². The summed E-state index contributed by atoms with van der Waals surface area (Å²) in [6.45, 7) is 7.48. The maximum absolute atomic E-state index is 5.93. The summed E-state index contributed by atoms with van der Waals surface area (Å²) in [5, 5.41) is 3.34. The Kier molecular flexibility index (Phi) is 2.96. The van der Waals surface area contributed by atoms with Crippen molar-refractivity contribution >= 4 is 0 Å². The van der Waals surface area contributed by atoms with Crippen LogP contribution in [0.5, 0.6) is 5.75 Å². The van der Waals surface area contributed by atoms with Gasteiger partial charge in [0.25, 0.3) is 0 Å². The normalized spacial score (nSPS) is 19.1. The highest BCUT2D eigenvalue weighted by molar-refractivity contribution is 5.46. The summed E-state index contributed by atoms with van der Waals surface area (Å²) in [6, 6.07) is 6.46. The summed E-state index contributed by atoms with van der Waals surface area (Å²) in [6.07, 6.45) is 1.16. The van der Waals surface area contributed by atoms with Crippen molar-refractivity contribution in [2.75, 3.05) is 6.54 Å². The lowest BCUT2D eigenvalue weighted by Crippen LogP contribution is -2.32. The summed E-state index contributed by atoms with van der Waals surface area (Å²) in [5.74, 6) is 1.64. The van der Waals surface area contributed by atoms with Crippen molar-refractivity contribution in [2.24, 2.45) is 0 Å². The van der Waals surface area contributed by atoms with E-state index in [1.807, 2.05) is 0 Å². The summed E-state index contributed by atoms with van der Waals surface area (Å²) in [7, 11) is 0. The van der Waals surface area contributed by atoms with Gasteiger partial charge in [0.1, 0.15) is 5.75 Å². The third-order valence-corrected chi connectivity index (χ3v) is 2.85. The highest BCUT2D eigenvalue weighted by Gasteiger charge is 2.24. The number of benzene rings is 1. The third kappa shape index (κ3) is 2.00. The quantitative estimate of drug-likeness (QED) is 0.819. The molecular formula is C13H19NO. The van der Waals surface area contributed by atoms with Crippen LogP contribution in [0.3, 0.4) is 0 Å². The molecule has 0 bridgehead atoms. The van der Waals surface area contributed by atoms with Crippen molar-refractivity contribution in [3.8, 4) is 5.75 Å². The Labute approximate surface area is 91.6 Å². The molecule has 0 saturated heterocycles. The van der Waals surface area contributed by atoms with E-state index in [1.165, 1.54) is 11.1 Å². The minimum atomic E-state index is 0.171. The van der Waals surface area contributed by atoms with Gasteiger partial charge in [0, 0.05) is 6.42 Å². The smallest absolute Gasteiger partial charge is 0.154 e. The first-order valence-electron chi connectivity index (χ1n) is 5.74. The molecule has 1 aromatic carbocycles. The molecule has 1 heterocycles. The van der Waals surface area contributed by atoms with Crippen LogP contribution in [0.15, 0.2) is 18.2 Å². The zero-order valence-electron chi connectivity index (χ0n) is 9.71. The van der Waals surface area contributed by atoms with Gasteiger partial charge in [-0.25, -0.2) is 0 Å². The van der Waals surface area contributed by atoms with Crippen molar-refractivity contribution in [1.82, 2.24) is 5.32 Å². The number of para-hydroxylation sites is 1. The molecule has 1 aromatic rings. The maximum Gasteiger partial charge on any atom is 0.154 e.